The van der Waals surface area contributed by atoms with Crippen LogP contribution >= 0.6 is 0 Å². The summed E-state index contributed by atoms with van der Waals surface area (Å²) < 4.78 is 5.45. The molecule has 0 bridgehead atoms. The number of amides is 1. The van der Waals surface area contributed by atoms with Crippen molar-refractivity contribution >= 4 is 5.91 Å². The second-order valence-electron chi connectivity index (χ2n) is 4.86. The molecule has 0 aliphatic heterocycles. The van der Waals surface area contributed by atoms with E-state index >= 15 is 0 Å². The van der Waals surface area contributed by atoms with E-state index in [0.717, 1.165) is 19.3 Å². The molecule has 1 aromatic carbocycles. The Morgan fingerprint density at radius 3 is 2.29 bits per heavy atom. The number of carbonyl (C=O) groups is 1. The zero-order chi connectivity index (χ0) is 15.5. The van der Waals surface area contributed by atoms with Gasteiger partial charge in [-0.2, -0.15) is 0 Å². The molecule has 5 heteroatoms. The number of aryl methyl sites for hydroxylation is 1. The summed E-state index contributed by atoms with van der Waals surface area (Å²) in [4.78, 5) is 13.3. The summed E-state index contributed by atoms with van der Waals surface area (Å²) in [7, 11) is 0. The first kappa shape index (κ1) is 17.5. The monoisotopic (exact) mass is 295 g/mol. The maximum atomic E-state index is 11.9. The summed E-state index contributed by atoms with van der Waals surface area (Å²) in [5.41, 5.74) is 1.26. The van der Waals surface area contributed by atoms with Crippen LogP contribution in [0.3, 0.4) is 0 Å². The molecule has 5 nitrogen and oxygen atoms in total. The molecule has 118 valence electrons. The average molecular weight is 295 g/mol. The number of ether oxygens (including phenoxy) is 1. The SMILES string of the molecule is CCCCc1ccc(OCC(=O)N(CCO)CCO)cc1. The number of aliphatic hydroxyl groups is 2. The van der Waals surface area contributed by atoms with E-state index in [4.69, 9.17) is 14.9 Å². The molecule has 1 rings (SSSR count). The predicted octanol–water partition coefficient (Wildman–Crippen LogP) is 1.22. The molecular formula is C16H25NO4. The molecule has 0 radical (unpaired) electrons. The Labute approximate surface area is 126 Å². The highest BCUT2D eigenvalue weighted by Gasteiger charge is 2.12. The van der Waals surface area contributed by atoms with Crippen LogP contribution in [0.1, 0.15) is 25.3 Å². The van der Waals surface area contributed by atoms with Gasteiger partial charge in [0.15, 0.2) is 6.61 Å². The normalized spacial score (nSPS) is 10.4. The molecule has 0 heterocycles. The molecule has 0 unspecified atom stereocenters. The minimum absolute atomic E-state index is 0.0890. The molecule has 0 aliphatic rings. The number of rotatable bonds is 10. The average Bonchev–Trinajstić information content (AvgIpc) is 2.51. The third kappa shape index (κ3) is 6.60. The topological polar surface area (TPSA) is 70.0 Å². The van der Waals surface area contributed by atoms with Gasteiger partial charge in [0, 0.05) is 13.1 Å². The summed E-state index contributed by atoms with van der Waals surface area (Å²) in [6.07, 6.45) is 3.38. The minimum atomic E-state index is -0.242. The van der Waals surface area contributed by atoms with Crippen LogP contribution in [0.5, 0.6) is 5.75 Å². The van der Waals surface area contributed by atoms with Gasteiger partial charge in [0.25, 0.3) is 5.91 Å². The van der Waals surface area contributed by atoms with E-state index in [0.29, 0.717) is 5.75 Å². The van der Waals surface area contributed by atoms with Gasteiger partial charge in [-0.1, -0.05) is 25.5 Å². The Hall–Kier alpha value is -1.59. The number of aliphatic hydroxyl groups excluding tert-OH is 2. The smallest absolute Gasteiger partial charge is 0.260 e. The van der Waals surface area contributed by atoms with Crippen LogP contribution in [0, 0.1) is 0 Å². The van der Waals surface area contributed by atoms with Crippen molar-refractivity contribution in [1.82, 2.24) is 4.90 Å². The zero-order valence-corrected chi connectivity index (χ0v) is 12.6. The van der Waals surface area contributed by atoms with E-state index in [1.54, 1.807) is 0 Å². The van der Waals surface area contributed by atoms with Crippen LogP contribution in [-0.2, 0) is 11.2 Å². The van der Waals surface area contributed by atoms with E-state index in [9.17, 15) is 4.79 Å². The first-order valence-electron chi connectivity index (χ1n) is 7.42. The Balaban J connectivity index is 2.44. The lowest BCUT2D eigenvalue weighted by Gasteiger charge is -2.20. The predicted molar refractivity (Wildman–Crippen MR) is 81.3 cm³/mol. The van der Waals surface area contributed by atoms with Gasteiger partial charge in [0.1, 0.15) is 5.75 Å². The molecule has 0 atom stereocenters. The van der Waals surface area contributed by atoms with Crippen molar-refractivity contribution < 1.29 is 19.7 Å². The van der Waals surface area contributed by atoms with Crippen LogP contribution in [0.4, 0.5) is 0 Å². The Morgan fingerprint density at radius 1 is 1.14 bits per heavy atom. The van der Waals surface area contributed by atoms with Crippen LogP contribution in [0.15, 0.2) is 24.3 Å². The quantitative estimate of drug-likeness (QED) is 0.681. The Morgan fingerprint density at radius 2 is 1.76 bits per heavy atom. The first-order chi connectivity index (χ1) is 10.2. The molecule has 0 saturated carbocycles. The molecule has 0 aromatic heterocycles. The van der Waals surface area contributed by atoms with Gasteiger partial charge in [-0.3, -0.25) is 4.79 Å². The highest BCUT2D eigenvalue weighted by Crippen LogP contribution is 2.14. The van der Waals surface area contributed by atoms with Crippen LogP contribution < -0.4 is 4.74 Å². The van der Waals surface area contributed by atoms with Gasteiger partial charge < -0.3 is 19.8 Å². The number of nitrogens with zero attached hydrogens (tertiary/aromatic N) is 1. The number of hydrogen-bond donors (Lipinski definition) is 2. The maximum absolute atomic E-state index is 11.9. The lowest BCUT2D eigenvalue weighted by molar-refractivity contribution is -0.134. The molecule has 1 amide bonds. The molecule has 0 aliphatic carbocycles. The lowest BCUT2D eigenvalue weighted by atomic mass is 10.1. The highest BCUT2D eigenvalue weighted by molar-refractivity contribution is 5.77. The minimum Gasteiger partial charge on any atom is -0.484 e. The van der Waals surface area contributed by atoms with Crippen LogP contribution in [0.25, 0.3) is 0 Å². The van der Waals surface area contributed by atoms with E-state index in [2.05, 4.69) is 6.92 Å². The van der Waals surface area contributed by atoms with E-state index < -0.39 is 0 Å². The van der Waals surface area contributed by atoms with Crippen molar-refractivity contribution in [2.45, 2.75) is 26.2 Å². The molecule has 0 spiro atoms. The Bertz CT molecular complexity index is 399. The van der Waals surface area contributed by atoms with Crippen molar-refractivity contribution in [3.8, 4) is 5.75 Å². The third-order valence-electron chi connectivity index (χ3n) is 3.20. The van der Waals surface area contributed by atoms with E-state index in [1.807, 2.05) is 24.3 Å². The fourth-order valence-electron chi connectivity index (χ4n) is 1.97. The second kappa shape index (κ2) is 10.2. The fourth-order valence-corrected chi connectivity index (χ4v) is 1.97. The van der Waals surface area contributed by atoms with Gasteiger partial charge in [-0.25, -0.2) is 0 Å². The molecule has 0 saturated heterocycles. The van der Waals surface area contributed by atoms with Gasteiger partial charge in [-0.15, -0.1) is 0 Å². The van der Waals surface area contributed by atoms with Crippen molar-refractivity contribution in [3.63, 3.8) is 0 Å². The largest absolute Gasteiger partial charge is 0.484 e. The summed E-state index contributed by atoms with van der Waals surface area (Å²) in [6, 6.07) is 7.74. The fraction of sp³-hybridized carbons (Fsp3) is 0.562. The van der Waals surface area contributed by atoms with Gasteiger partial charge in [-0.05, 0) is 30.5 Å². The third-order valence-corrected chi connectivity index (χ3v) is 3.20. The molecule has 1 aromatic rings. The standard InChI is InChI=1S/C16H25NO4/c1-2-3-4-14-5-7-15(8-6-14)21-13-16(20)17(9-11-18)10-12-19/h5-8,18-19H,2-4,9-13H2,1H3. The van der Waals surface area contributed by atoms with Crippen LogP contribution in [0.2, 0.25) is 0 Å². The molecule has 2 N–H and O–H groups in total. The summed E-state index contributed by atoms with van der Waals surface area (Å²) in [5, 5.41) is 17.8. The van der Waals surface area contributed by atoms with Crippen molar-refractivity contribution in [2.24, 2.45) is 0 Å². The van der Waals surface area contributed by atoms with Gasteiger partial charge in [0.2, 0.25) is 0 Å². The lowest BCUT2D eigenvalue weighted by Crippen LogP contribution is -2.38. The molecule has 0 fully saturated rings. The number of benzene rings is 1. The van der Waals surface area contributed by atoms with Crippen molar-refractivity contribution in [2.75, 3.05) is 32.9 Å². The first-order valence-corrected chi connectivity index (χ1v) is 7.42. The summed E-state index contributed by atoms with van der Waals surface area (Å²) in [5.74, 6) is 0.407. The highest BCUT2D eigenvalue weighted by atomic mass is 16.5. The number of hydrogen-bond acceptors (Lipinski definition) is 4. The number of unbranched alkanes of at least 4 members (excludes halogenated alkanes) is 1. The second-order valence-corrected chi connectivity index (χ2v) is 4.86. The maximum Gasteiger partial charge on any atom is 0.260 e. The molecular weight excluding hydrogens is 270 g/mol. The molecule has 21 heavy (non-hydrogen) atoms. The van der Waals surface area contributed by atoms with E-state index in [1.165, 1.54) is 10.5 Å². The van der Waals surface area contributed by atoms with Gasteiger partial charge >= 0.3 is 0 Å². The van der Waals surface area contributed by atoms with Crippen LogP contribution in [-0.4, -0.2) is 53.9 Å². The number of carbonyl (C=O) groups excluding carboxylic acids is 1. The summed E-state index contributed by atoms with van der Waals surface area (Å²) >= 11 is 0. The zero-order valence-electron chi connectivity index (χ0n) is 12.6. The summed E-state index contributed by atoms with van der Waals surface area (Å²) in [6.45, 7) is 2.23. The Kier molecular flexibility index (Phi) is 8.47. The van der Waals surface area contributed by atoms with Crippen molar-refractivity contribution in [1.29, 1.82) is 0 Å². The van der Waals surface area contributed by atoms with Gasteiger partial charge in [0.05, 0.1) is 13.2 Å². The van der Waals surface area contributed by atoms with Crippen molar-refractivity contribution in [3.05, 3.63) is 29.8 Å². The van der Waals surface area contributed by atoms with E-state index in [-0.39, 0.29) is 38.8 Å².